The van der Waals surface area contributed by atoms with Crippen LogP contribution in [0, 0.1) is 0 Å². The largest absolute Gasteiger partial charge is 0.454 e. The highest BCUT2D eigenvalue weighted by atomic mass is 31.2. The van der Waals surface area contributed by atoms with Crippen molar-refractivity contribution < 1.29 is 33.0 Å². The molecule has 188 valence electrons. The van der Waals surface area contributed by atoms with E-state index in [1.807, 2.05) is 30.3 Å². The Balaban J connectivity index is 1.78. The second-order valence-electron chi connectivity index (χ2n) is 8.30. The first kappa shape index (κ1) is 28.0. The fraction of sp³-hybridized carbons (Fsp3) is 0.708. The van der Waals surface area contributed by atoms with E-state index < -0.39 is 32.7 Å². The van der Waals surface area contributed by atoms with Gasteiger partial charge in [-0.15, -0.1) is 0 Å². The number of benzene rings is 1. The third-order valence-electron chi connectivity index (χ3n) is 5.42. The van der Waals surface area contributed by atoms with Crippen molar-refractivity contribution >= 4 is 13.7 Å². The molecule has 3 atom stereocenters. The molecule has 8 nitrogen and oxygen atoms in total. The average Bonchev–Trinajstić information content (AvgIpc) is 3.26. The summed E-state index contributed by atoms with van der Waals surface area (Å²) in [7, 11) is -3.58. The van der Waals surface area contributed by atoms with E-state index in [-0.39, 0.29) is 19.6 Å². The molecule has 1 aliphatic rings. The van der Waals surface area contributed by atoms with Crippen LogP contribution in [0.25, 0.3) is 0 Å². The van der Waals surface area contributed by atoms with Gasteiger partial charge in [-0.1, -0.05) is 88.6 Å². The number of unbranched alkanes of at least 4 members (excludes halogenated alkanes) is 8. The highest BCUT2D eigenvalue weighted by molar-refractivity contribution is 7.51. The first-order valence-electron chi connectivity index (χ1n) is 12.2. The number of rotatable bonds is 18. The van der Waals surface area contributed by atoms with Crippen LogP contribution in [0.5, 0.6) is 0 Å². The minimum atomic E-state index is -3.58. The molecule has 0 spiro atoms. The van der Waals surface area contributed by atoms with Gasteiger partial charge in [-0.25, -0.2) is 9.65 Å². The van der Waals surface area contributed by atoms with E-state index >= 15 is 0 Å². The molecule has 1 fully saturated rings. The maximum Gasteiger partial charge on any atom is 0.408 e. The number of ether oxygens (including phenoxy) is 2. The molecular formula is C24H40NO7P. The van der Waals surface area contributed by atoms with E-state index in [1.54, 1.807) is 0 Å². The van der Waals surface area contributed by atoms with Crippen molar-refractivity contribution in [3.8, 4) is 0 Å². The summed E-state index contributed by atoms with van der Waals surface area (Å²) in [4.78, 5) is 12.4. The monoisotopic (exact) mass is 485 g/mol. The zero-order valence-electron chi connectivity index (χ0n) is 19.8. The minimum absolute atomic E-state index is 0.137. The standard InChI is InChI=1S/C24H40NO7P/c1-2-3-4-5-6-7-8-9-13-16-23(27)31-22(19-26)24(32-33(28)25-17-18-30-33)29-20-21-14-11-10-12-15-21/h10-12,14-15,22,24,26H,2-9,13,16-20H2,1H3,(H,25,28). The van der Waals surface area contributed by atoms with Gasteiger partial charge >= 0.3 is 13.7 Å². The Morgan fingerprint density at radius 3 is 2.36 bits per heavy atom. The smallest absolute Gasteiger partial charge is 0.408 e. The molecule has 0 aromatic heterocycles. The van der Waals surface area contributed by atoms with E-state index in [9.17, 15) is 14.5 Å². The molecule has 9 heteroatoms. The van der Waals surface area contributed by atoms with Crippen LogP contribution in [0.1, 0.15) is 76.7 Å². The highest BCUT2D eigenvalue weighted by Crippen LogP contribution is 2.48. The van der Waals surface area contributed by atoms with Crippen molar-refractivity contribution in [2.45, 2.75) is 90.1 Å². The van der Waals surface area contributed by atoms with Crippen LogP contribution >= 0.6 is 7.75 Å². The van der Waals surface area contributed by atoms with Gasteiger partial charge in [0.2, 0.25) is 6.29 Å². The molecule has 1 aliphatic heterocycles. The molecule has 1 heterocycles. The van der Waals surface area contributed by atoms with Crippen LogP contribution < -0.4 is 5.09 Å². The van der Waals surface area contributed by atoms with Gasteiger partial charge in [-0.2, -0.15) is 0 Å². The van der Waals surface area contributed by atoms with Crippen LogP contribution in [0.2, 0.25) is 0 Å². The summed E-state index contributed by atoms with van der Waals surface area (Å²) in [5.74, 6) is -0.438. The molecule has 1 aromatic carbocycles. The van der Waals surface area contributed by atoms with E-state index in [0.29, 0.717) is 6.54 Å². The normalized spacial score (nSPS) is 19.9. The van der Waals surface area contributed by atoms with E-state index in [0.717, 1.165) is 24.8 Å². The van der Waals surface area contributed by atoms with Gasteiger partial charge in [0.05, 0.1) is 19.8 Å². The number of hydrogen-bond acceptors (Lipinski definition) is 7. The molecule has 1 aromatic rings. The van der Waals surface area contributed by atoms with Crippen LogP contribution in [-0.4, -0.2) is 43.2 Å². The van der Waals surface area contributed by atoms with Gasteiger partial charge in [-0.3, -0.25) is 13.8 Å². The zero-order chi connectivity index (χ0) is 23.8. The lowest BCUT2D eigenvalue weighted by atomic mass is 10.1. The van der Waals surface area contributed by atoms with Crippen molar-refractivity contribution in [3.63, 3.8) is 0 Å². The lowest BCUT2D eigenvalue weighted by Gasteiger charge is -2.27. The summed E-state index contributed by atoms with van der Waals surface area (Å²) in [5.41, 5.74) is 0.863. The van der Waals surface area contributed by atoms with Crippen LogP contribution in [0.3, 0.4) is 0 Å². The summed E-state index contributed by atoms with van der Waals surface area (Å²) in [6.07, 6.45) is 8.25. The Labute approximate surface area is 197 Å². The third kappa shape index (κ3) is 11.6. The predicted molar refractivity (Wildman–Crippen MR) is 126 cm³/mol. The van der Waals surface area contributed by atoms with Gasteiger partial charge in [0.15, 0.2) is 6.10 Å². The average molecular weight is 486 g/mol. The molecule has 0 bridgehead atoms. The Morgan fingerprint density at radius 1 is 1.09 bits per heavy atom. The molecule has 0 radical (unpaired) electrons. The molecule has 33 heavy (non-hydrogen) atoms. The van der Waals surface area contributed by atoms with E-state index in [4.69, 9.17) is 18.5 Å². The second kappa shape index (κ2) is 16.4. The number of nitrogens with one attached hydrogen (secondary N) is 1. The van der Waals surface area contributed by atoms with Crippen molar-refractivity contribution in [2.75, 3.05) is 19.8 Å². The summed E-state index contributed by atoms with van der Waals surface area (Å²) >= 11 is 0. The Hall–Kier alpha value is -1.28. The third-order valence-corrected chi connectivity index (χ3v) is 7.04. The Morgan fingerprint density at radius 2 is 1.76 bits per heavy atom. The fourth-order valence-corrected chi connectivity index (χ4v) is 4.94. The van der Waals surface area contributed by atoms with Crippen LogP contribution in [0.4, 0.5) is 0 Å². The molecule has 2 rings (SSSR count). The number of hydrogen-bond donors (Lipinski definition) is 2. The van der Waals surface area contributed by atoms with Gasteiger partial charge in [0, 0.05) is 13.0 Å². The van der Waals surface area contributed by atoms with Crippen LogP contribution in [0.15, 0.2) is 30.3 Å². The van der Waals surface area contributed by atoms with Crippen LogP contribution in [-0.2, 0) is 34.5 Å². The lowest BCUT2D eigenvalue weighted by Crippen LogP contribution is -2.38. The number of esters is 1. The van der Waals surface area contributed by atoms with Gasteiger partial charge in [0.1, 0.15) is 0 Å². The number of carbonyl (C=O) groups excluding carboxylic acids is 1. The highest BCUT2D eigenvalue weighted by Gasteiger charge is 2.38. The molecule has 1 saturated heterocycles. The predicted octanol–water partition coefficient (Wildman–Crippen LogP) is 5.10. The fourth-order valence-electron chi connectivity index (χ4n) is 3.54. The SMILES string of the molecule is CCCCCCCCCCCC(=O)OC(CO)C(OCc1ccccc1)OP1(=O)NCCO1. The van der Waals surface area contributed by atoms with Crippen molar-refractivity contribution in [3.05, 3.63) is 35.9 Å². The summed E-state index contributed by atoms with van der Waals surface area (Å²) < 4.78 is 34.5. The molecule has 0 saturated carbocycles. The topological polar surface area (TPSA) is 103 Å². The van der Waals surface area contributed by atoms with Crippen molar-refractivity contribution in [1.29, 1.82) is 0 Å². The van der Waals surface area contributed by atoms with E-state index in [2.05, 4.69) is 12.0 Å². The molecule has 3 unspecified atom stereocenters. The maximum absolute atomic E-state index is 12.6. The number of aliphatic hydroxyl groups excluding tert-OH is 1. The molecule has 2 N–H and O–H groups in total. The van der Waals surface area contributed by atoms with Gasteiger partial charge in [0.25, 0.3) is 0 Å². The molecule has 0 amide bonds. The Kier molecular flexibility index (Phi) is 13.9. The first-order valence-corrected chi connectivity index (χ1v) is 13.7. The zero-order valence-corrected chi connectivity index (χ0v) is 20.7. The second-order valence-corrected chi connectivity index (χ2v) is 10.1. The van der Waals surface area contributed by atoms with Crippen molar-refractivity contribution in [1.82, 2.24) is 5.09 Å². The number of carbonyl (C=O) groups is 1. The van der Waals surface area contributed by atoms with Gasteiger partial charge in [-0.05, 0) is 12.0 Å². The summed E-state index contributed by atoms with van der Waals surface area (Å²) in [6.45, 7) is 2.44. The van der Waals surface area contributed by atoms with E-state index in [1.165, 1.54) is 38.5 Å². The lowest BCUT2D eigenvalue weighted by molar-refractivity contribution is -0.193. The Bertz CT molecular complexity index is 693. The van der Waals surface area contributed by atoms with Crippen molar-refractivity contribution in [2.24, 2.45) is 0 Å². The first-order chi connectivity index (χ1) is 16.1. The summed E-state index contributed by atoms with van der Waals surface area (Å²) in [6, 6.07) is 9.36. The molecular weight excluding hydrogens is 445 g/mol. The molecule has 0 aliphatic carbocycles. The quantitative estimate of drug-likeness (QED) is 0.128. The minimum Gasteiger partial charge on any atom is -0.454 e. The number of aliphatic hydroxyl groups is 1. The van der Waals surface area contributed by atoms with Gasteiger partial charge < -0.3 is 14.6 Å². The summed E-state index contributed by atoms with van der Waals surface area (Å²) in [5, 5.41) is 12.5. The maximum atomic E-state index is 12.6.